The van der Waals surface area contributed by atoms with E-state index in [1.165, 1.54) is 6.42 Å². The number of piperidine rings is 1. The van der Waals surface area contributed by atoms with E-state index < -0.39 is 0 Å². The van der Waals surface area contributed by atoms with Crippen LogP contribution in [0.5, 0.6) is 0 Å². The van der Waals surface area contributed by atoms with Crippen LogP contribution in [0.15, 0.2) is 16.7 Å². The number of nitrogens with one attached hydrogen (secondary N) is 1. The lowest BCUT2D eigenvalue weighted by molar-refractivity contribution is 0.0658. The second-order valence-corrected chi connectivity index (χ2v) is 4.85. The number of amides is 1. The van der Waals surface area contributed by atoms with Crippen LogP contribution in [-0.4, -0.2) is 36.5 Å². The molecular formula is C12H16N2O2. The summed E-state index contributed by atoms with van der Waals surface area (Å²) in [6.45, 7) is 4.64. The molecule has 1 amide bonds. The molecule has 2 aliphatic heterocycles. The maximum Gasteiger partial charge on any atom is 0.289 e. The average molecular weight is 220 g/mol. The maximum absolute atomic E-state index is 12.2. The molecule has 1 aromatic heterocycles. The number of fused-ring (bicyclic) bond motifs is 2. The fraction of sp³-hybridized carbons (Fsp3) is 0.583. The van der Waals surface area contributed by atoms with Gasteiger partial charge in [-0.1, -0.05) is 0 Å². The van der Waals surface area contributed by atoms with Gasteiger partial charge in [-0.05, 0) is 25.3 Å². The van der Waals surface area contributed by atoms with E-state index in [9.17, 15) is 4.79 Å². The molecule has 0 aromatic carbocycles. The summed E-state index contributed by atoms with van der Waals surface area (Å²) in [5, 5.41) is 3.44. The molecule has 16 heavy (non-hydrogen) atoms. The molecule has 3 heterocycles. The monoisotopic (exact) mass is 220 g/mol. The third-order valence-corrected chi connectivity index (χ3v) is 3.58. The van der Waals surface area contributed by atoms with Crippen LogP contribution in [-0.2, 0) is 0 Å². The minimum Gasteiger partial charge on any atom is -0.459 e. The Morgan fingerprint density at radius 1 is 1.56 bits per heavy atom. The van der Waals surface area contributed by atoms with Crippen LogP contribution >= 0.6 is 0 Å². The van der Waals surface area contributed by atoms with Crippen molar-refractivity contribution < 1.29 is 9.21 Å². The Hall–Kier alpha value is -1.29. The number of hydrogen-bond acceptors (Lipinski definition) is 3. The summed E-state index contributed by atoms with van der Waals surface area (Å²) in [6.07, 6.45) is 2.79. The smallest absolute Gasteiger partial charge is 0.289 e. The van der Waals surface area contributed by atoms with E-state index in [2.05, 4.69) is 5.32 Å². The summed E-state index contributed by atoms with van der Waals surface area (Å²) in [6, 6.07) is 2.32. The number of hydrogen-bond donors (Lipinski definition) is 1. The van der Waals surface area contributed by atoms with Crippen molar-refractivity contribution in [1.29, 1.82) is 0 Å². The molecule has 0 spiro atoms. The van der Waals surface area contributed by atoms with Gasteiger partial charge in [-0.3, -0.25) is 4.79 Å². The highest BCUT2D eigenvalue weighted by Gasteiger charge is 2.35. The van der Waals surface area contributed by atoms with Crippen molar-refractivity contribution in [2.24, 2.45) is 5.92 Å². The number of carbonyl (C=O) groups excluding carboxylic acids is 1. The van der Waals surface area contributed by atoms with Crippen molar-refractivity contribution >= 4 is 5.91 Å². The average Bonchev–Trinajstić information content (AvgIpc) is 2.84. The molecule has 2 saturated heterocycles. The molecule has 4 heteroatoms. The van der Waals surface area contributed by atoms with Crippen molar-refractivity contribution in [3.63, 3.8) is 0 Å². The Bertz CT molecular complexity index is 401. The lowest BCUT2D eigenvalue weighted by atomic mass is 9.99. The first-order chi connectivity index (χ1) is 7.74. The molecular weight excluding hydrogens is 204 g/mol. The molecule has 2 aliphatic rings. The number of nitrogens with zero attached hydrogens (tertiary/aromatic N) is 1. The highest BCUT2D eigenvalue weighted by Crippen LogP contribution is 2.24. The Balaban J connectivity index is 1.79. The largest absolute Gasteiger partial charge is 0.459 e. The molecule has 1 aromatic rings. The van der Waals surface area contributed by atoms with E-state index in [1.807, 2.05) is 17.9 Å². The van der Waals surface area contributed by atoms with Gasteiger partial charge in [-0.15, -0.1) is 0 Å². The fourth-order valence-electron chi connectivity index (χ4n) is 2.73. The molecule has 2 fully saturated rings. The maximum atomic E-state index is 12.2. The van der Waals surface area contributed by atoms with Gasteiger partial charge in [-0.2, -0.15) is 0 Å². The SMILES string of the molecule is Cc1ccoc1C(=O)N1CC2CNC(C2)C1. The standard InChI is InChI=1S/C12H16N2O2/c1-8-2-3-16-11(8)12(15)14-6-9-4-10(7-14)13-5-9/h2-3,9-10,13H,4-7H2,1H3. The number of likely N-dealkylation sites (tertiary alicyclic amines) is 1. The molecule has 2 bridgehead atoms. The molecule has 2 unspecified atom stereocenters. The Morgan fingerprint density at radius 3 is 3.12 bits per heavy atom. The third kappa shape index (κ3) is 1.53. The van der Waals surface area contributed by atoms with Gasteiger partial charge in [0.1, 0.15) is 0 Å². The predicted molar refractivity (Wildman–Crippen MR) is 59.2 cm³/mol. The van der Waals surface area contributed by atoms with Crippen molar-refractivity contribution in [3.05, 3.63) is 23.7 Å². The highest BCUT2D eigenvalue weighted by atomic mass is 16.3. The number of furan rings is 1. The number of carbonyl (C=O) groups is 1. The van der Waals surface area contributed by atoms with Crippen molar-refractivity contribution in [2.75, 3.05) is 19.6 Å². The zero-order valence-electron chi connectivity index (χ0n) is 9.40. The van der Waals surface area contributed by atoms with Gasteiger partial charge in [0.15, 0.2) is 5.76 Å². The Kier molecular flexibility index (Phi) is 2.24. The number of aryl methyl sites for hydroxylation is 1. The summed E-state index contributed by atoms with van der Waals surface area (Å²) < 4.78 is 5.26. The fourth-order valence-corrected chi connectivity index (χ4v) is 2.73. The van der Waals surface area contributed by atoms with Crippen LogP contribution in [0.2, 0.25) is 0 Å². The summed E-state index contributed by atoms with van der Waals surface area (Å²) in [7, 11) is 0. The third-order valence-electron chi connectivity index (χ3n) is 3.58. The molecule has 1 N–H and O–H groups in total. The molecule has 0 radical (unpaired) electrons. The number of rotatable bonds is 1. The first-order valence-corrected chi connectivity index (χ1v) is 5.81. The summed E-state index contributed by atoms with van der Waals surface area (Å²) in [4.78, 5) is 14.1. The van der Waals surface area contributed by atoms with E-state index >= 15 is 0 Å². The van der Waals surface area contributed by atoms with Crippen LogP contribution in [0.4, 0.5) is 0 Å². The highest BCUT2D eigenvalue weighted by molar-refractivity contribution is 5.93. The van der Waals surface area contributed by atoms with E-state index in [0.29, 0.717) is 17.7 Å². The topological polar surface area (TPSA) is 45.5 Å². The summed E-state index contributed by atoms with van der Waals surface area (Å²) >= 11 is 0. The van der Waals surface area contributed by atoms with Crippen LogP contribution in [0.25, 0.3) is 0 Å². The lowest BCUT2D eigenvalue weighted by Gasteiger charge is -2.30. The van der Waals surface area contributed by atoms with Gasteiger partial charge in [0, 0.05) is 31.2 Å². The van der Waals surface area contributed by atoms with Gasteiger partial charge < -0.3 is 14.6 Å². The van der Waals surface area contributed by atoms with Crippen LogP contribution < -0.4 is 5.32 Å². The Labute approximate surface area is 94.6 Å². The zero-order valence-corrected chi connectivity index (χ0v) is 9.40. The minimum atomic E-state index is 0.0425. The predicted octanol–water partition coefficient (Wildman–Crippen LogP) is 1.02. The van der Waals surface area contributed by atoms with Crippen LogP contribution in [0.3, 0.4) is 0 Å². The van der Waals surface area contributed by atoms with E-state index in [0.717, 1.165) is 25.2 Å². The second kappa shape index (κ2) is 3.63. The first kappa shape index (κ1) is 9.90. The second-order valence-electron chi connectivity index (χ2n) is 4.85. The molecule has 86 valence electrons. The minimum absolute atomic E-state index is 0.0425. The van der Waals surface area contributed by atoms with Crippen LogP contribution in [0.1, 0.15) is 22.5 Å². The van der Waals surface area contributed by atoms with E-state index in [-0.39, 0.29) is 5.91 Å². The zero-order chi connectivity index (χ0) is 11.1. The molecule has 0 aliphatic carbocycles. The van der Waals surface area contributed by atoms with Crippen molar-refractivity contribution in [1.82, 2.24) is 10.2 Å². The molecule has 0 saturated carbocycles. The van der Waals surface area contributed by atoms with E-state index in [4.69, 9.17) is 4.42 Å². The van der Waals surface area contributed by atoms with Gasteiger partial charge in [0.2, 0.25) is 0 Å². The molecule has 2 atom stereocenters. The summed E-state index contributed by atoms with van der Waals surface area (Å²) in [5.74, 6) is 1.17. The normalized spacial score (nSPS) is 28.4. The quantitative estimate of drug-likeness (QED) is 0.768. The van der Waals surface area contributed by atoms with Gasteiger partial charge in [-0.25, -0.2) is 0 Å². The van der Waals surface area contributed by atoms with E-state index in [1.54, 1.807) is 6.26 Å². The van der Waals surface area contributed by atoms with Crippen molar-refractivity contribution in [3.8, 4) is 0 Å². The lowest BCUT2D eigenvalue weighted by Crippen LogP contribution is -2.44. The van der Waals surface area contributed by atoms with Crippen LogP contribution in [0, 0.1) is 12.8 Å². The first-order valence-electron chi connectivity index (χ1n) is 5.81. The van der Waals surface area contributed by atoms with Gasteiger partial charge in [0.25, 0.3) is 5.91 Å². The molecule has 3 rings (SSSR count). The Morgan fingerprint density at radius 2 is 2.44 bits per heavy atom. The van der Waals surface area contributed by atoms with Gasteiger partial charge in [0.05, 0.1) is 6.26 Å². The van der Waals surface area contributed by atoms with Gasteiger partial charge >= 0.3 is 0 Å². The summed E-state index contributed by atoms with van der Waals surface area (Å²) in [5.41, 5.74) is 0.927. The molecule has 4 nitrogen and oxygen atoms in total. The van der Waals surface area contributed by atoms with Crippen molar-refractivity contribution in [2.45, 2.75) is 19.4 Å².